The highest BCUT2D eigenvalue weighted by Gasteiger charge is 2.53. The maximum atomic E-state index is 13.6. The van der Waals surface area contributed by atoms with Gasteiger partial charge in [0.2, 0.25) is 0 Å². The quantitative estimate of drug-likeness (QED) is 0.313. The van der Waals surface area contributed by atoms with Gasteiger partial charge in [0, 0.05) is 0 Å². The largest absolute Gasteiger partial charge is 0.346 e. The highest BCUT2D eigenvalue weighted by molar-refractivity contribution is 7.85. The molecule has 0 saturated heterocycles. The van der Waals surface area contributed by atoms with Gasteiger partial charge >= 0.3 is 15.2 Å². The molecule has 0 saturated carbocycles. The van der Waals surface area contributed by atoms with Crippen molar-refractivity contribution >= 4 is 25.3 Å². The molecular formula is C15H34O9P2S. The van der Waals surface area contributed by atoms with Crippen LogP contribution in [0, 0.1) is 0 Å². The summed E-state index contributed by atoms with van der Waals surface area (Å²) < 4.78 is 81.0. The summed E-state index contributed by atoms with van der Waals surface area (Å²) in [6.07, 6.45) is -2.72. The first-order chi connectivity index (χ1) is 12.0. The molecule has 0 heterocycles. The maximum Gasteiger partial charge on any atom is 0.346 e. The molecule has 27 heavy (non-hydrogen) atoms. The Morgan fingerprint density at radius 3 is 1.15 bits per heavy atom. The molecule has 0 aliphatic carbocycles. The van der Waals surface area contributed by atoms with E-state index in [2.05, 4.69) is 0 Å². The van der Waals surface area contributed by atoms with E-state index >= 15 is 0 Å². The van der Waals surface area contributed by atoms with Crippen molar-refractivity contribution in [2.24, 2.45) is 0 Å². The second-order valence-electron chi connectivity index (χ2n) is 7.25. The summed E-state index contributed by atoms with van der Waals surface area (Å²) in [5.41, 5.74) is 0. The van der Waals surface area contributed by atoms with Crippen LogP contribution in [-0.4, -0.2) is 48.5 Å². The van der Waals surface area contributed by atoms with Gasteiger partial charge < -0.3 is 18.1 Å². The lowest BCUT2D eigenvalue weighted by Gasteiger charge is -2.35. The first-order valence-corrected chi connectivity index (χ1v) is 13.7. The van der Waals surface area contributed by atoms with Gasteiger partial charge in [-0.05, 0) is 61.8 Å². The Balaban J connectivity index is 6.34. The van der Waals surface area contributed by atoms with Crippen LogP contribution >= 0.6 is 15.2 Å². The van der Waals surface area contributed by atoms with E-state index < -0.39 is 67.3 Å². The lowest BCUT2D eigenvalue weighted by atomic mass is 10.5. The van der Waals surface area contributed by atoms with Gasteiger partial charge in [0.25, 0.3) is 10.1 Å². The summed E-state index contributed by atoms with van der Waals surface area (Å²) in [5.74, 6) is -0.794. The summed E-state index contributed by atoms with van der Waals surface area (Å²) in [6, 6.07) is 0. The normalized spacial score (nSPS) is 14.3. The minimum absolute atomic E-state index is 0.480. The molecular weight excluding hydrogens is 418 g/mol. The molecule has 0 aromatic heterocycles. The van der Waals surface area contributed by atoms with Crippen molar-refractivity contribution in [2.75, 3.05) is 5.75 Å². The Kier molecular flexibility index (Phi) is 10.9. The molecule has 0 aliphatic heterocycles. The SMILES string of the molecule is CC(C)OP(=O)(OC(C)C)C(CCS(=O)(=O)O)P(=O)(OC(C)C)OC(C)C. The molecule has 0 bridgehead atoms. The average molecular weight is 452 g/mol. The Bertz CT molecular complexity index is 578. The summed E-state index contributed by atoms with van der Waals surface area (Å²) in [5, 5.41) is -1.51. The van der Waals surface area contributed by atoms with Gasteiger partial charge in [0.1, 0.15) is 0 Å². The lowest BCUT2D eigenvalue weighted by molar-refractivity contribution is 0.122. The average Bonchev–Trinajstić information content (AvgIpc) is 2.31. The van der Waals surface area contributed by atoms with Gasteiger partial charge in [-0.25, -0.2) is 0 Å². The molecule has 0 aromatic rings. The summed E-state index contributed by atoms with van der Waals surface area (Å²) in [4.78, 5) is 0. The molecule has 0 rings (SSSR count). The fraction of sp³-hybridized carbons (Fsp3) is 1.00. The van der Waals surface area contributed by atoms with Gasteiger partial charge in [-0.15, -0.1) is 0 Å². The van der Waals surface area contributed by atoms with Gasteiger partial charge in [0.15, 0.2) is 5.40 Å². The molecule has 0 fully saturated rings. The Morgan fingerprint density at radius 2 is 0.963 bits per heavy atom. The van der Waals surface area contributed by atoms with E-state index in [4.69, 9.17) is 22.6 Å². The minimum atomic E-state index is -4.42. The Labute approximate surface area is 163 Å². The molecule has 164 valence electrons. The van der Waals surface area contributed by atoms with Crippen molar-refractivity contribution in [1.82, 2.24) is 0 Å². The van der Waals surface area contributed by atoms with Crippen molar-refractivity contribution < 1.29 is 40.2 Å². The minimum Gasteiger partial charge on any atom is -0.305 e. The highest BCUT2D eigenvalue weighted by Crippen LogP contribution is 2.72. The topological polar surface area (TPSA) is 125 Å². The van der Waals surface area contributed by atoms with E-state index in [9.17, 15) is 17.5 Å². The van der Waals surface area contributed by atoms with Gasteiger partial charge in [-0.2, -0.15) is 8.42 Å². The first-order valence-electron chi connectivity index (χ1n) is 8.89. The van der Waals surface area contributed by atoms with Crippen molar-refractivity contribution in [3.63, 3.8) is 0 Å². The lowest BCUT2D eigenvalue weighted by Crippen LogP contribution is -2.25. The van der Waals surface area contributed by atoms with Gasteiger partial charge in [0.05, 0.1) is 30.2 Å². The zero-order valence-electron chi connectivity index (χ0n) is 17.3. The van der Waals surface area contributed by atoms with Crippen molar-refractivity contribution in [3.05, 3.63) is 0 Å². The van der Waals surface area contributed by atoms with Crippen molar-refractivity contribution in [2.45, 2.75) is 91.6 Å². The summed E-state index contributed by atoms with van der Waals surface area (Å²) in [6.45, 7) is 13.0. The van der Waals surface area contributed by atoms with Crippen LogP contribution < -0.4 is 0 Å². The predicted octanol–water partition coefficient (Wildman–Crippen LogP) is 4.68. The van der Waals surface area contributed by atoms with E-state index in [0.29, 0.717) is 0 Å². The third-order valence-electron chi connectivity index (χ3n) is 2.80. The van der Waals surface area contributed by atoms with Crippen LogP contribution in [0.5, 0.6) is 0 Å². The molecule has 0 aliphatic rings. The smallest absolute Gasteiger partial charge is 0.305 e. The standard InChI is InChI=1S/C15H34O9P2S/c1-11(2)21-25(16,22-12(3)4)15(9-10-27(18,19)20)26(17,23-13(5)6)24-14(7)8/h11-15H,9-10H2,1-8H3,(H,18,19,20). The van der Waals surface area contributed by atoms with E-state index in [0.717, 1.165) is 0 Å². The fourth-order valence-electron chi connectivity index (χ4n) is 2.25. The highest BCUT2D eigenvalue weighted by atomic mass is 32.2. The molecule has 9 nitrogen and oxygen atoms in total. The van der Waals surface area contributed by atoms with Gasteiger partial charge in [-0.3, -0.25) is 13.7 Å². The van der Waals surface area contributed by atoms with Gasteiger partial charge in [-0.1, -0.05) is 0 Å². The molecule has 0 aromatic carbocycles. The van der Waals surface area contributed by atoms with Crippen LogP contribution in [0.4, 0.5) is 0 Å². The van der Waals surface area contributed by atoms with Crippen LogP contribution in [0.3, 0.4) is 0 Å². The molecule has 0 spiro atoms. The Morgan fingerprint density at radius 1 is 0.704 bits per heavy atom. The zero-order valence-corrected chi connectivity index (χ0v) is 19.9. The van der Waals surface area contributed by atoms with Crippen LogP contribution in [-0.2, 0) is 37.3 Å². The predicted molar refractivity (Wildman–Crippen MR) is 105 cm³/mol. The first kappa shape index (κ1) is 27.2. The molecule has 0 unspecified atom stereocenters. The number of hydrogen-bond acceptors (Lipinski definition) is 8. The van der Waals surface area contributed by atoms with E-state index in [-0.39, 0.29) is 0 Å². The summed E-state index contributed by atoms with van der Waals surface area (Å²) in [7, 11) is -12.7. The number of rotatable bonds is 13. The summed E-state index contributed by atoms with van der Waals surface area (Å²) >= 11 is 0. The molecule has 0 radical (unpaired) electrons. The van der Waals surface area contributed by atoms with E-state index in [1.54, 1.807) is 55.4 Å². The molecule has 1 N–H and O–H groups in total. The second-order valence-corrected chi connectivity index (χ2v) is 13.5. The second kappa shape index (κ2) is 10.8. The maximum absolute atomic E-state index is 13.6. The third kappa shape index (κ3) is 10.5. The fourth-order valence-corrected chi connectivity index (χ4v) is 9.07. The van der Waals surface area contributed by atoms with E-state index in [1.165, 1.54) is 0 Å². The number of hydrogen-bond donors (Lipinski definition) is 1. The van der Waals surface area contributed by atoms with E-state index in [1.807, 2.05) is 0 Å². The molecule has 12 heteroatoms. The zero-order chi connectivity index (χ0) is 21.6. The molecule has 0 atom stereocenters. The monoisotopic (exact) mass is 452 g/mol. The van der Waals surface area contributed by atoms with Crippen LogP contribution in [0.1, 0.15) is 61.8 Å². The van der Waals surface area contributed by atoms with Crippen LogP contribution in [0.2, 0.25) is 0 Å². The third-order valence-corrected chi connectivity index (χ3v) is 10.1. The van der Waals surface area contributed by atoms with Crippen LogP contribution in [0.25, 0.3) is 0 Å². The van der Waals surface area contributed by atoms with Crippen molar-refractivity contribution in [3.8, 4) is 0 Å². The van der Waals surface area contributed by atoms with Crippen molar-refractivity contribution in [1.29, 1.82) is 0 Å². The van der Waals surface area contributed by atoms with Crippen LogP contribution in [0.15, 0.2) is 0 Å². The molecule has 0 amide bonds. The Hall–Kier alpha value is 0.210.